The zero-order valence-corrected chi connectivity index (χ0v) is 18.3. The third kappa shape index (κ3) is 4.83. The number of fused-ring (bicyclic) bond motifs is 4. The first kappa shape index (κ1) is 21.6. The fraction of sp³-hybridized carbons (Fsp3) is 0.958. The second-order valence-electron chi connectivity index (χ2n) is 11.1. The predicted molar refractivity (Wildman–Crippen MR) is 110 cm³/mol. The van der Waals surface area contributed by atoms with Gasteiger partial charge >= 0.3 is 5.97 Å². The van der Waals surface area contributed by atoms with Crippen LogP contribution in [0.15, 0.2) is 0 Å². The van der Waals surface area contributed by atoms with Crippen LogP contribution in [0, 0.1) is 17.8 Å². The number of hydrogen-bond donors (Lipinski definition) is 2. The van der Waals surface area contributed by atoms with Crippen LogP contribution in [0.3, 0.4) is 0 Å². The number of esters is 1. The van der Waals surface area contributed by atoms with Gasteiger partial charge in [0.15, 0.2) is 0 Å². The molecule has 0 heterocycles. The first-order valence-corrected chi connectivity index (χ1v) is 12.0. The van der Waals surface area contributed by atoms with Gasteiger partial charge in [0.05, 0.1) is 17.3 Å². The Hall–Kier alpha value is -0.650. The molecule has 0 radical (unpaired) electrons. The summed E-state index contributed by atoms with van der Waals surface area (Å²) in [5, 5.41) is 21.3. The van der Waals surface area contributed by atoms with Gasteiger partial charge in [-0.05, 0) is 76.0 Å². The van der Waals surface area contributed by atoms with Gasteiger partial charge in [0.2, 0.25) is 0 Å². The number of rotatable bonds is 6. The van der Waals surface area contributed by atoms with Crippen molar-refractivity contribution in [1.29, 1.82) is 0 Å². The second kappa shape index (κ2) is 8.12. The number of ether oxygens (including phenoxy) is 2. The van der Waals surface area contributed by atoms with Crippen molar-refractivity contribution in [2.75, 3.05) is 6.61 Å². The van der Waals surface area contributed by atoms with Crippen molar-refractivity contribution in [3.63, 3.8) is 0 Å². The van der Waals surface area contributed by atoms with Crippen molar-refractivity contribution >= 4 is 5.97 Å². The third-order valence-corrected chi connectivity index (χ3v) is 8.34. The minimum atomic E-state index is -0.667. The highest BCUT2D eigenvalue weighted by Crippen LogP contribution is 2.50. The molecule has 4 aliphatic carbocycles. The van der Waals surface area contributed by atoms with Gasteiger partial charge in [0, 0.05) is 6.42 Å². The standard InChI is InChI=1S/C24H40O5/c1-3-20(25)19-10-17-6-5-9-24(13-17,14-19)28-15-21(26)29-22(2)11-18-7-4-8-23(27,12-18)16-22/h17-20,25,27H,3-16H2,1-2H3. The highest BCUT2D eigenvalue weighted by Gasteiger charge is 2.50. The molecular weight excluding hydrogens is 368 g/mol. The van der Waals surface area contributed by atoms with E-state index in [4.69, 9.17) is 9.47 Å². The lowest BCUT2D eigenvalue weighted by atomic mass is 9.64. The van der Waals surface area contributed by atoms with Gasteiger partial charge in [0.1, 0.15) is 12.2 Å². The molecule has 0 amide bonds. The van der Waals surface area contributed by atoms with Gasteiger partial charge in [-0.3, -0.25) is 0 Å². The van der Waals surface area contributed by atoms with E-state index < -0.39 is 11.2 Å². The summed E-state index contributed by atoms with van der Waals surface area (Å²) in [6, 6.07) is 0. The molecule has 0 aromatic heterocycles. The van der Waals surface area contributed by atoms with Crippen LogP contribution in [0.4, 0.5) is 0 Å². The van der Waals surface area contributed by atoms with Crippen molar-refractivity contribution in [1.82, 2.24) is 0 Å². The maximum atomic E-state index is 12.7. The summed E-state index contributed by atoms with van der Waals surface area (Å²) in [6.07, 6.45) is 12.0. The minimum Gasteiger partial charge on any atom is -0.458 e. The topological polar surface area (TPSA) is 76.0 Å². The molecule has 4 rings (SSSR count). The van der Waals surface area contributed by atoms with Crippen LogP contribution < -0.4 is 0 Å². The Morgan fingerprint density at radius 1 is 1.10 bits per heavy atom. The van der Waals surface area contributed by atoms with E-state index >= 15 is 0 Å². The molecular formula is C24H40O5. The Morgan fingerprint density at radius 2 is 1.86 bits per heavy atom. The lowest BCUT2D eigenvalue weighted by molar-refractivity contribution is -0.196. The summed E-state index contributed by atoms with van der Waals surface area (Å²) in [5.74, 6) is 1.03. The summed E-state index contributed by atoms with van der Waals surface area (Å²) >= 11 is 0. The quantitative estimate of drug-likeness (QED) is 0.646. The number of aliphatic hydroxyl groups is 2. The first-order valence-electron chi connectivity index (χ1n) is 12.0. The Morgan fingerprint density at radius 3 is 2.62 bits per heavy atom. The molecule has 2 N–H and O–H groups in total. The lowest BCUT2D eigenvalue weighted by Gasteiger charge is -2.50. The highest BCUT2D eigenvalue weighted by molar-refractivity contribution is 5.71. The summed E-state index contributed by atoms with van der Waals surface area (Å²) in [5.41, 5.74) is -1.53. The summed E-state index contributed by atoms with van der Waals surface area (Å²) in [4.78, 5) is 12.7. The average Bonchev–Trinajstić information content (AvgIpc) is 2.64. The Balaban J connectivity index is 1.35. The normalized spacial score (nSPS) is 45.4. The number of carbonyl (C=O) groups is 1. The molecule has 0 aliphatic heterocycles. The molecule has 4 saturated carbocycles. The highest BCUT2D eigenvalue weighted by atomic mass is 16.6. The smallest absolute Gasteiger partial charge is 0.332 e. The fourth-order valence-corrected chi connectivity index (χ4v) is 7.40. The van der Waals surface area contributed by atoms with E-state index in [1.807, 2.05) is 13.8 Å². The monoisotopic (exact) mass is 408 g/mol. The molecule has 7 unspecified atom stereocenters. The number of aliphatic hydroxyl groups excluding tert-OH is 1. The molecule has 5 nitrogen and oxygen atoms in total. The maximum absolute atomic E-state index is 12.7. The molecule has 7 atom stereocenters. The third-order valence-electron chi connectivity index (χ3n) is 8.34. The average molecular weight is 409 g/mol. The predicted octanol–water partition coefficient (Wildman–Crippen LogP) is 4.13. The van der Waals surface area contributed by atoms with Crippen LogP contribution in [-0.2, 0) is 14.3 Å². The van der Waals surface area contributed by atoms with Gasteiger partial charge < -0.3 is 19.7 Å². The van der Waals surface area contributed by atoms with Gasteiger partial charge in [0.25, 0.3) is 0 Å². The van der Waals surface area contributed by atoms with E-state index in [9.17, 15) is 15.0 Å². The van der Waals surface area contributed by atoms with Crippen LogP contribution in [0.2, 0.25) is 0 Å². The zero-order valence-electron chi connectivity index (χ0n) is 18.3. The molecule has 0 aromatic rings. The maximum Gasteiger partial charge on any atom is 0.332 e. The van der Waals surface area contributed by atoms with Crippen LogP contribution in [0.25, 0.3) is 0 Å². The lowest BCUT2D eigenvalue weighted by Crippen LogP contribution is -2.52. The minimum absolute atomic E-state index is 0.0135. The van der Waals surface area contributed by atoms with Crippen LogP contribution >= 0.6 is 0 Å². The second-order valence-corrected chi connectivity index (χ2v) is 11.1. The van der Waals surface area contributed by atoms with Gasteiger partial charge in [-0.1, -0.05) is 32.6 Å². The molecule has 0 saturated heterocycles. The van der Waals surface area contributed by atoms with Crippen molar-refractivity contribution in [2.45, 2.75) is 120 Å². The molecule has 4 fully saturated rings. The van der Waals surface area contributed by atoms with E-state index in [2.05, 4.69) is 0 Å². The van der Waals surface area contributed by atoms with E-state index in [-0.39, 0.29) is 30.2 Å². The van der Waals surface area contributed by atoms with Crippen LogP contribution in [-0.4, -0.2) is 45.7 Å². The Bertz CT molecular complexity index is 608. The zero-order chi connectivity index (χ0) is 20.7. The van der Waals surface area contributed by atoms with E-state index in [1.54, 1.807) is 0 Å². The largest absolute Gasteiger partial charge is 0.458 e. The van der Waals surface area contributed by atoms with Gasteiger partial charge in [-0.25, -0.2) is 4.79 Å². The van der Waals surface area contributed by atoms with E-state index in [0.29, 0.717) is 18.3 Å². The van der Waals surface area contributed by atoms with Crippen molar-refractivity contribution in [3.05, 3.63) is 0 Å². The van der Waals surface area contributed by atoms with E-state index in [0.717, 1.165) is 70.6 Å². The van der Waals surface area contributed by atoms with Crippen LogP contribution in [0.1, 0.15) is 97.3 Å². The molecule has 4 aliphatic rings. The van der Waals surface area contributed by atoms with Gasteiger partial charge in [-0.15, -0.1) is 0 Å². The number of hydrogen-bond acceptors (Lipinski definition) is 5. The number of carbonyl (C=O) groups excluding carboxylic acids is 1. The molecule has 0 aromatic carbocycles. The first-order chi connectivity index (χ1) is 13.7. The SMILES string of the molecule is CCC(O)C1CC2CCCC(OCC(=O)OC3(C)CC4CCCC(O)(C4)C3)(C2)C1. The summed E-state index contributed by atoms with van der Waals surface area (Å²) < 4.78 is 12.2. The summed E-state index contributed by atoms with van der Waals surface area (Å²) in [7, 11) is 0. The fourth-order valence-electron chi connectivity index (χ4n) is 7.40. The van der Waals surface area contributed by atoms with Gasteiger partial charge in [-0.2, -0.15) is 0 Å². The summed E-state index contributed by atoms with van der Waals surface area (Å²) in [6.45, 7) is 4.00. The molecule has 29 heavy (non-hydrogen) atoms. The molecule has 166 valence electrons. The molecule has 5 heteroatoms. The Kier molecular flexibility index (Phi) is 6.04. The van der Waals surface area contributed by atoms with E-state index in [1.165, 1.54) is 6.42 Å². The van der Waals surface area contributed by atoms with Crippen molar-refractivity contribution in [3.8, 4) is 0 Å². The Labute approximate surface area is 175 Å². The van der Waals surface area contributed by atoms with Crippen molar-refractivity contribution in [2.24, 2.45) is 17.8 Å². The van der Waals surface area contributed by atoms with Crippen LogP contribution in [0.5, 0.6) is 0 Å². The molecule has 0 spiro atoms. The van der Waals surface area contributed by atoms with Crippen molar-refractivity contribution < 1.29 is 24.5 Å². The molecule has 4 bridgehead atoms.